The van der Waals surface area contributed by atoms with Crippen LogP contribution in [0.25, 0.3) is 0 Å². The molecule has 0 spiro atoms. The van der Waals surface area contributed by atoms with E-state index in [0.717, 1.165) is 5.56 Å². The van der Waals surface area contributed by atoms with Crippen molar-refractivity contribution in [1.82, 2.24) is 0 Å². The van der Waals surface area contributed by atoms with Crippen molar-refractivity contribution in [2.24, 2.45) is 5.73 Å². The van der Waals surface area contributed by atoms with Gasteiger partial charge >= 0.3 is 6.18 Å². The summed E-state index contributed by atoms with van der Waals surface area (Å²) in [6.45, 7) is 0.402. The van der Waals surface area contributed by atoms with Crippen LogP contribution in [-0.2, 0) is 6.42 Å². The zero-order valence-electron chi connectivity index (χ0n) is 10.1. The van der Waals surface area contributed by atoms with Crippen molar-refractivity contribution in [2.45, 2.75) is 19.0 Å². The molecule has 1 aromatic rings. The van der Waals surface area contributed by atoms with Crippen molar-refractivity contribution < 1.29 is 13.2 Å². The Hall–Kier alpha value is -0.940. The van der Waals surface area contributed by atoms with Crippen LogP contribution in [0.15, 0.2) is 18.2 Å². The molecule has 0 amide bonds. The summed E-state index contributed by atoms with van der Waals surface area (Å²) >= 11 is 6.04. The molecule has 2 nitrogen and oxygen atoms in total. The van der Waals surface area contributed by atoms with Gasteiger partial charge in [0.25, 0.3) is 0 Å². The van der Waals surface area contributed by atoms with Gasteiger partial charge in [0, 0.05) is 24.3 Å². The molecule has 0 atom stereocenters. The molecule has 0 aliphatic carbocycles. The van der Waals surface area contributed by atoms with Crippen molar-refractivity contribution in [2.75, 3.05) is 25.0 Å². The standard InChI is InChI=1S/C12H16ClF3N2/c1-18(7-5-12(14,15)16)10-3-2-9(4-6-17)11(13)8-10/h2-3,8H,4-7,17H2,1H3. The quantitative estimate of drug-likeness (QED) is 0.897. The maximum absolute atomic E-state index is 12.1. The van der Waals surface area contributed by atoms with E-state index >= 15 is 0 Å². The van der Waals surface area contributed by atoms with Gasteiger partial charge in [-0.1, -0.05) is 17.7 Å². The van der Waals surface area contributed by atoms with Gasteiger partial charge in [-0.25, -0.2) is 0 Å². The number of hydrogen-bond donors (Lipinski definition) is 1. The van der Waals surface area contributed by atoms with Gasteiger partial charge in [0.05, 0.1) is 6.42 Å². The summed E-state index contributed by atoms with van der Waals surface area (Å²) in [7, 11) is 1.61. The minimum Gasteiger partial charge on any atom is -0.374 e. The summed E-state index contributed by atoms with van der Waals surface area (Å²) < 4.78 is 36.3. The summed E-state index contributed by atoms with van der Waals surface area (Å²) in [5.41, 5.74) is 7.01. The fraction of sp³-hybridized carbons (Fsp3) is 0.500. The number of alkyl halides is 3. The number of halogens is 4. The number of rotatable bonds is 5. The topological polar surface area (TPSA) is 29.3 Å². The second kappa shape index (κ2) is 6.29. The maximum atomic E-state index is 12.1. The number of nitrogens with zero attached hydrogens (tertiary/aromatic N) is 1. The fourth-order valence-corrected chi connectivity index (χ4v) is 1.82. The lowest BCUT2D eigenvalue weighted by molar-refractivity contribution is -0.132. The van der Waals surface area contributed by atoms with Gasteiger partial charge in [-0.05, 0) is 30.7 Å². The van der Waals surface area contributed by atoms with E-state index in [4.69, 9.17) is 17.3 Å². The first-order chi connectivity index (χ1) is 8.33. The highest BCUT2D eigenvalue weighted by molar-refractivity contribution is 6.31. The Morgan fingerprint density at radius 1 is 1.33 bits per heavy atom. The van der Waals surface area contributed by atoms with Crippen LogP contribution in [0.5, 0.6) is 0 Å². The summed E-state index contributed by atoms with van der Waals surface area (Å²) in [4.78, 5) is 1.53. The molecule has 0 radical (unpaired) electrons. The monoisotopic (exact) mass is 280 g/mol. The Morgan fingerprint density at radius 2 is 2.00 bits per heavy atom. The Kier molecular flexibility index (Phi) is 5.28. The van der Waals surface area contributed by atoms with Crippen LogP contribution in [0.3, 0.4) is 0 Å². The molecule has 1 aromatic carbocycles. The first kappa shape index (κ1) is 15.1. The van der Waals surface area contributed by atoms with Crippen LogP contribution >= 0.6 is 11.6 Å². The van der Waals surface area contributed by atoms with Gasteiger partial charge in [0.1, 0.15) is 0 Å². The van der Waals surface area contributed by atoms with E-state index in [9.17, 15) is 13.2 Å². The van der Waals surface area contributed by atoms with E-state index in [1.54, 1.807) is 25.2 Å². The van der Waals surface area contributed by atoms with Crippen LogP contribution in [0.1, 0.15) is 12.0 Å². The van der Waals surface area contributed by atoms with Gasteiger partial charge in [-0.15, -0.1) is 0 Å². The van der Waals surface area contributed by atoms with Crippen molar-refractivity contribution in [3.05, 3.63) is 28.8 Å². The highest BCUT2D eigenvalue weighted by atomic mass is 35.5. The fourth-order valence-electron chi connectivity index (χ4n) is 1.56. The molecule has 0 aliphatic rings. The molecule has 0 fully saturated rings. The van der Waals surface area contributed by atoms with Crippen molar-refractivity contribution in [1.29, 1.82) is 0 Å². The van der Waals surface area contributed by atoms with Crippen molar-refractivity contribution in [3.63, 3.8) is 0 Å². The van der Waals surface area contributed by atoms with Gasteiger partial charge < -0.3 is 10.6 Å². The van der Waals surface area contributed by atoms with E-state index in [1.165, 1.54) is 4.90 Å². The second-order valence-corrected chi connectivity index (χ2v) is 4.51. The molecular formula is C12H16ClF3N2. The normalized spacial score (nSPS) is 11.7. The zero-order chi connectivity index (χ0) is 13.8. The molecule has 18 heavy (non-hydrogen) atoms. The smallest absolute Gasteiger partial charge is 0.374 e. The molecule has 2 N–H and O–H groups in total. The van der Waals surface area contributed by atoms with Crippen LogP contribution in [-0.4, -0.2) is 26.3 Å². The summed E-state index contributed by atoms with van der Waals surface area (Å²) in [5, 5.41) is 0.539. The average molecular weight is 281 g/mol. The SMILES string of the molecule is CN(CCC(F)(F)F)c1ccc(CCN)c(Cl)c1. The van der Waals surface area contributed by atoms with Crippen molar-refractivity contribution in [3.8, 4) is 0 Å². The molecule has 1 rings (SSSR count). The Labute approximate surface area is 110 Å². The highest BCUT2D eigenvalue weighted by Crippen LogP contribution is 2.25. The van der Waals surface area contributed by atoms with Crippen LogP contribution < -0.4 is 10.6 Å². The molecule has 0 heterocycles. The van der Waals surface area contributed by atoms with E-state index in [0.29, 0.717) is 23.7 Å². The van der Waals surface area contributed by atoms with Gasteiger partial charge in [-0.2, -0.15) is 13.2 Å². The lowest BCUT2D eigenvalue weighted by atomic mass is 10.1. The molecule has 0 saturated heterocycles. The van der Waals surface area contributed by atoms with Gasteiger partial charge in [0.2, 0.25) is 0 Å². The molecular weight excluding hydrogens is 265 g/mol. The van der Waals surface area contributed by atoms with Crippen LogP contribution in [0, 0.1) is 0 Å². The van der Waals surface area contributed by atoms with E-state index in [1.807, 2.05) is 0 Å². The van der Waals surface area contributed by atoms with Gasteiger partial charge in [0.15, 0.2) is 0 Å². The maximum Gasteiger partial charge on any atom is 0.390 e. The third-order valence-electron chi connectivity index (χ3n) is 2.62. The zero-order valence-corrected chi connectivity index (χ0v) is 10.9. The number of hydrogen-bond acceptors (Lipinski definition) is 2. The van der Waals surface area contributed by atoms with E-state index in [-0.39, 0.29) is 6.54 Å². The minimum atomic E-state index is -4.14. The first-order valence-electron chi connectivity index (χ1n) is 5.60. The van der Waals surface area contributed by atoms with Crippen LogP contribution in [0.2, 0.25) is 5.02 Å². The predicted octanol–water partition coefficient (Wildman–Crippen LogP) is 3.23. The summed E-state index contributed by atoms with van der Waals surface area (Å²) in [6.07, 6.45) is -4.32. The molecule has 0 aliphatic heterocycles. The number of benzene rings is 1. The molecule has 0 unspecified atom stereocenters. The first-order valence-corrected chi connectivity index (χ1v) is 5.97. The Balaban J connectivity index is 2.69. The van der Waals surface area contributed by atoms with E-state index < -0.39 is 12.6 Å². The molecule has 6 heteroatoms. The minimum absolute atomic E-state index is 0.0872. The predicted molar refractivity (Wildman–Crippen MR) is 68.2 cm³/mol. The number of nitrogens with two attached hydrogens (primary N) is 1. The van der Waals surface area contributed by atoms with Crippen molar-refractivity contribution >= 4 is 17.3 Å². The lowest BCUT2D eigenvalue weighted by Crippen LogP contribution is -2.24. The van der Waals surface area contributed by atoms with Gasteiger partial charge in [-0.3, -0.25) is 0 Å². The van der Waals surface area contributed by atoms with E-state index in [2.05, 4.69) is 0 Å². The Morgan fingerprint density at radius 3 is 2.50 bits per heavy atom. The average Bonchev–Trinajstić information content (AvgIpc) is 2.28. The number of anilines is 1. The second-order valence-electron chi connectivity index (χ2n) is 4.10. The molecule has 0 aromatic heterocycles. The summed E-state index contributed by atoms with van der Waals surface area (Å²) in [5.74, 6) is 0. The molecule has 102 valence electrons. The summed E-state index contributed by atoms with van der Waals surface area (Å²) in [6, 6.07) is 5.23. The largest absolute Gasteiger partial charge is 0.390 e. The third kappa shape index (κ3) is 4.74. The lowest BCUT2D eigenvalue weighted by Gasteiger charge is -2.21. The van der Waals surface area contributed by atoms with Crippen LogP contribution in [0.4, 0.5) is 18.9 Å². The Bertz CT molecular complexity index is 393. The molecule has 0 bridgehead atoms. The molecule has 0 saturated carbocycles. The third-order valence-corrected chi connectivity index (χ3v) is 2.97. The highest BCUT2D eigenvalue weighted by Gasteiger charge is 2.27.